The number of amides is 1. The van der Waals surface area contributed by atoms with E-state index in [9.17, 15) is 9.90 Å². The summed E-state index contributed by atoms with van der Waals surface area (Å²) in [5.74, 6) is -0.379. The van der Waals surface area contributed by atoms with E-state index in [-0.39, 0.29) is 12.0 Å². The third-order valence-corrected chi connectivity index (χ3v) is 5.83. The third-order valence-electron chi connectivity index (χ3n) is 5.83. The molecule has 3 aromatic rings. The molecule has 0 spiro atoms. The predicted molar refractivity (Wildman–Crippen MR) is 97.5 cm³/mol. The minimum atomic E-state index is -0.591. The number of aliphatic hydroxyl groups is 1. The molecule has 3 N–H and O–H groups in total. The number of aryl methyl sites for hydroxylation is 1. The number of aliphatic hydroxyl groups excluding tert-OH is 1. The van der Waals surface area contributed by atoms with Crippen molar-refractivity contribution in [2.75, 3.05) is 0 Å². The summed E-state index contributed by atoms with van der Waals surface area (Å²) in [4.78, 5) is 15.8. The zero-order chi connectivity index (χ0) is 17.8. The highest BCUT2D eigenvalue weighted by atomic mass is 16.3. The molecule has 0 radical (unpaired) electrons. The van der Waals surface area contributed by atoms with Crippen LogP contribution >= 0.6 is 0 Å². The number of carbonyl (C=O) groups is 1. The number of rotatable bonds is 2. The standard InChI is InChI=1S/C21H19N3O2/c22-21(26)13-6-7-14-12(9-13)5-8-17(20(14)25)19-16-4-2-1-3-15(16)18-10-23-11-24(18)19/h1-4,6-7,9-11,17,19-20,25H,5,8H2,(H2,22,26). The summed E-state index contributed by atoms with van der Waals surface area (Å²) in [6.07, 6.45) is 4.82. The van der Waals surface area contributed by atoms with Gasteiger partial charge >= 0.3 is 0 Å². The van der Waals surface area contributed by atoms with Crippen LogP contribution in [-0.4, -0.2) is 20.6 Å². The first-order valence-corrected chi connectivity index (χ1v) is 8.87. The van der Waals surface area contributed by atoms with E-state index in [0.29, 0.717) is 5.56 Å². The van der Waals surface area contributed by atoms with Crippen LogP contribution in [0.25, 0.3) is 11.3 Å². The normalized spacial score (nSPS) is 23.2. The van der Waals surface area contributed by atoms with Crippen LogP contribution in [0.3, 0.4) is 0 Å². The molecule has 0 bridgehead atoms. The first-order chi connectivity index (χ1) is 12.6. The molecule has 130 valence electrons. The zero-order valence-corrected chi connectivity index (χ0v) is 14.2. The molecular weight excluding hydrogens is 326 g/mol. The average Bonchev–Trinajstić information content (AvgIpc) is 3.23. The van der Waals surface area contributed by atoms with E-state index in [1.807, 2.05) is 36.8 Å². The van der Waals surface area contributed by atoms with Crippen molar-refractivity contribution in [3.05, 3.63) is 77.2 Å². The van der Waals surface area contributed by atoms with Gasteiger partial charge in [-0.05, 0) is 41.7 Å². The lowest BCUT2D eigenvalue weighted by Crippen LogP contribution is -2.29. The van der Waals surface area contributed by atoms with Gasteiger partial charge in [-0.1, -0.05) is 30.3 Å². The molecule has 5 heteroatoms. The number of nitrogens with two attached hydrogens (primary N) is 1. The van der Waals surface area contributed by atoms with Crippen LogP contribution in [0.4, 0.5) is 0 Å². The summed E-state index contributed by atoms with van der Waals surface area (Å²) in [5.41, 5.74) is 11.3. The lowest BCUT2D eigenvalue weighted by molar-refractivity contribution is 0.0719. The van der Waals surface area contributed by atoms with Gasteiger partial charge in [0.15, 0.2) is 0 Å². The SMILES string of the molecule is NC(=O)c1ccc2c(c1)CCC(C1c3ccccc3-c3cncn31)C2O. The summed E-state index contributed by atoms with van der Waals surface area (Å²) in [6.45, 7) is 0. The van der Waals surface area contributed by atoms with Crippen LogP contribution in [-0.2, 0) is 6.42 Å². The Bertz CT molecular complexity index is 1020. The Morgan fingerprint density at radius 2 is 2.04 bits per heavy atom. The van der Waals surface area contributed by atoms with Crippen molar-refractivity contribution in [3.63, 3.8) is 0 Å². The van der Waals surface area contributed by atoms with Crippen LogP contribution in [0.2, 0.25) is 0 Å². The molecule has 3 unspecified atom stereocenters. The van der Waals surface area contributed by atoms with Gasteiger partial charge in [-0.2, -0.15) is 0 Å². The number of benzene rings is 2. The van der Waals surface area contributed by atoms with E-state index in [1.54, 1.807) is 6.07 Å². The Morgan fingerprint density at radius 1 is 1.19 bits per heavy atom. The van der Waals surface area contributed by atoms with Crippen LogP contribution in [0, 0.1) is 5.92 Å². The number of carbonyl (C=O) groups excluding carboxylic acids is 1. The van der Waals surface area contributed by atoms with Crippen molar-refractivity contribution >= 4 is 5.91 Å². The predicted octanol–water partition coefficient (Wildman–Crippen LogP) is 2.85. The fourth-order valence-electron chi connectivity index (χ4n) is 4.62. The number of hydrogen-bond acceptors (Lipinski definition) is 3. The molecule has 5 rings (SSSR count). The summed E-state index contributed by atoms with van der Waals surface area (Å²) in [7, 11) is 0. The number of primary amides is 1. The van der Waals surface area contributed by atoms with E-state index in [2.05, 4.69) is 21.7 Å². The monoisotopic (exact) mass is 345 g/mol. The zero-order valence-electron chi connectivity index (χ0n) is 14.2. The van der Waals surface area contributed by atoms with Crippen LogP contribution in [0.5, 0.6) is 0 Å². The first-order valence-electron chi connectivity index (χ1n) is 8.87. The molecule has 2 aromatic carbocycles. The van der Waals surface area contributed by atoms with Gasteiger partial charge in [0.1, 0.15) is 0 Å². The summed E-state index contributed by atoms with van der Waals surface area (Å²) in [5, 5.41) is 11.1. The highest BCUT2D eigenvalue weighted by Gasteiger charge is 2.40. The second-order valence-electron chi connectivity index (χ2n) is 7.14. The fraction of sp³-hybridized carbons (Fsp3) is 0.238. The minimum Gasteiger partial charge on any atom is -0.388 e. The van der Waals surface area contributed by atoms with E-state index < -0.39 is 12.0 Å². The van der Waals surface area contributed by atoms with Crippen molar-refractivity contribution in [1.29, 1.82) is 0 Å². The van der Waals surface area contributed by atoms with Crippen molar-refractivity contribution in [2.45, 2.75) is 25.0 Å². The van der Waals surface area contributed by atoms with Crippen LogP contribution in [0.1, 0.15) is 45.6 Å². The van der Waals surface area contributed by atoms with Gasteiger partial charge in [0.2, 0.25) is 5.91 Å². The molecule has 1 aromatic heterocycles. The molecule has 3 atom stereocenters. The summed E-state index contributed by atoms with van der Waals surface area (Å²) in [6, 6.07) is 13.8. The molecular formula is C21H19N3O2. The van der Waals surface area contributed by atoms with Gasteiger partial charge < -0.3 is 15.4 Å². The van der Waals surface area contributed by atoms with Gasteiger partial charge in [-0.15, -0.1) is 0 Å². The summed E-state index contributed by atoms with van der Waals surface area (Å²) >= 11 is 0. The second kappa shape index (κ2) is 5.54. The highest BCUT2D eigenvalue weighted by Crippen LogP contribution is 2.49. The van der Waals surface area contributed by atoms with Gasteiger partial charge in [0.25, 0.3) is 0 Å². The van der Waals surface area contributed by atoms with E-state index >= 15 is 0 Å². The van der Waals surface area contributed by atoms with Gasteiger partial charge in [0.05, 0.1) is 30.4 Å². The van der Waals surface area contributed by atoms with Crippen molar-refractivity contribution in [3.8, 4) is 11.3 Å². The van der Waals surface area contributed by atoms with E-state index in [4.69, 9.17) is 5.73 Å². The Labute approximate surface area is 151 Å². The van der Waals surface area contributed by atoms with Crippen molar-refractivity contribution in [1.82, 2.24) is 9.55 Å². The first kappa shape index (κ1) is 15.3. The smallest absolute Gasteiger partial charge is 0.248 e. The Hall–Kier alpha value is -2.92. The maximum Gasteiger partial charge on any atom is 0.248 e. The molecule has 1 aliphatic carbocycles. The minimum absolute atomic E-state index is 0.0542. The lowest BCUT2D eigenvalue weighted by Gasteiger charge is -2.35. The summed E-state index contributed by atoms with van der Waals surface area (Å²) < 4.78 is 2.18. The van der Waals surface area contributed by atoms with E-state index in [0.717, 1.165) is 29.7 Å². The molecule has 0 saturated heterocycles. The topological polar surface area (TPSA) is 81.1 Å². The molecule has 1 aliphatic heterocycles. The number of imidazole rings is 1. The quantitative estimate of drug-likeness (QED) is 0.749. The Balaban J connectivity index is 1.57. The second-order valence-corrected chi connectivity index (χ2v) is 7.14. The molecule has 1 amide bonds. The maximum absolute atomic E-state index is 11.4. The van der Waals surface area contributed by atoms with Gasteiger partial charge in [0, 0.05) is 17.0 Å². The lowest BCUT2D eigenvalue weighted by atomic mass is 9.75. The third kappa shape index (κ3) is 2.07. The number of fused-ring (bicyclic) bond motifs is 4. The van der Waals surface area contributed by atoms with Crippen molar-refractivity contribution < 1.29 is 9.90 Å². The van der Waals surface area contributed by atoms with Crippen LogP contribution < -0.4 is 5.73 Å². The van der Waals surface area contributed by atoms with Gasteiger partial charge in [-0.3, -0.25) is 4.79 Å². The molecule has 26 heavy (non-hydrogen) atoms. The molecule has 0 saturated carbocycles. The van der Waals surface area contributed by atoms with E-state index in [1.165, 1.54) is 11.1 Å². The maximum atomic E-state index is 11.4. The molecule has 2 heterocycles. The van der Waals surface area contributed by atoms with Gasteiger partial charge in [-0.25, -0.2) is 4.98 Å². The fourth-order valence-corrected chi connectivity index (χ4v) is 4.62. The molecule has 5 nitrogen and oxygen atoms in total. The largest absolute Gasteiger partial charge is 0.388 e. The number of nitrogens with zero attached hydrogens (tertiary/aromatic N) is 2. The highest BCUT2D eigenvalue weighted by molar-refractivity contribution is 5.93. The average molecular weight is 345 g/mol. The Kier molecular flexibility index (Phi) is 3.27. The Morgan fingerprint density at radius 3 is 2.88 bits per heavy atom. The van der Waals surface area contributed by atoms with Crippen LogP contribution in [0.15, 0.2) is 55.0 Å². The number of hydrogen-bond donors (Lipinski definition) is 2. The van der Waals surface area contributed by atoms with Crippen molar-refractivity contribution in [2.24, 2.45) is 11.7 Å². The molecule has 2 aliphatic rings. The molecule has 0 fully saturated rings. The number of aromatic nitrogens is 2.